The van der Waals surface area contributed by atoms with Crippen molar-refractivity contribution in [3.63, 3.8) is 0 Å². The van der Waals surface area contributed by atoms with Gasteiger partial charge < -0.3 is 9.14 Å². The predicted molar refractivity (Wildman–Crippen MR) is 118 cm³/mol. The van der Waals surface area contributed by atoms with Crippen LogP contribution in [0.5, 0.6) is 5.75 Å². The number of methoxy groups -OCH3 is 1. The summed E-state index contributed by atoms with van der Waals surface area (Å²) in [5.74, 6) is 0.419. The summed E-state index contributed by atoms with van der Waals surface area (Å²) >= 11 is 0. The minimum absolute atomic E-state index is 0.113. The lowest BCUT2D eigenvalue weighted by molar-refractivity contribution is 0.103. The summed E-state index contributed by atoms with van der Waals surface area (Å²) in [6, 6.07) is 22.2. The predicted octanol–water partition coefficient (Wildman–Crippen LogP) is 5.38. The van der Waals surface area contributed by atoms with Crippen molar-refractivity contribution in [3.05, 3.63) is 113 Å². The number of hydrogen-bond donors (Lipinski definition) is 0. The molecule has 2 heterocycles. The molecule has 0 saturated carbocycles. The van der Waals surface area contributed by atoms with Crippen LogP contribution in [-0.4, -0.2) is 23.1 Å². The van der Waals surface area contributed by atoms with Crippen molar-refractivity contribution in [2.45, 2.75) is 6.92 Å². The number of allylic oxidation sites excluding steroid dienone is 1. The number of aromatic nitrogens is 1. The summed E-state index contributed by atoms with van der Waals surface area (Å²) in [4.78, 5) is 26.3. The largest absolute Gasteiger partial charge is 0.496 e. The van der Waals surface area contributed by atoms with Crippen molar-refractivity contribution in [2.24, 2.45) is 0 Å². The van der Waals surface area contributed by atoms with Crippen LogP contribution in [-0.2, 0) is 0 Å². The highest BCUT2D eigenvalue weighted by Gasteiger charge is 2.20. The van der Waals surface area contributed by atoms with Crippen LogP contribution in [0, 0.1) is 6.92 Å². The minimum Gasteiger partial charge on any atom is -0.496 e. The van der Waals surface area contributed by atoms with Crippen LogP contribution in [0.3, 0.4) is 0 Å². The Morgan fingerprint density at radius 2 is 1.67 bits per heavy atom. The second kappa shape index (κ2) is 8.21. The highest BCUT2D eigenvalue weighted by molar-refractivity contribution is 6.14. The van der Waals surface area contributed by atoms with Crippen molar-refractivity contribution in [1.82, 2.24) is 4.40 Å². The van der Waals surface area contributed by atoms with Crippen molar-refractivity contribution >= 4 is 23.2 Å². The van der Waals surface area contributed by atoms with E-state index in [4.69, 9.17) is 4.74 Å². The fourth-order valence-corrected chi connectivity index (χ4v) is 3.60. The molecule has 4 heteroatoms. The number of pyridine rings is 1. The molecule has 0 amide bonds. The first-order chi connectivity index (χ1) is 14.6. The SMILES string of the molecule is COc1ccccc1/C=C/C(=O)c1cc2cccn2c(C(=O)c2ccccc2)c1C. The van der Waals surface area contributed by atoms with E-state index in [9.17, 15) is 9.59 Å². The van der Waals surface area contributed by atoms with Gasteiger partial charge in [0.05, 0.1) is 12.8 Å². The molecule has 4 aromatic rings. The first-order valence-electron chi connectivity index (χ1n) is 9.66. The summed E-state index contributed by atoms with van der Waals surface area (Å²) < 4.78 is 7.18. The molecule has 0 bridgehead atoms. The quantitative estimate of drug-likeness (QED) is 0.325. The number of para-hydroxylation sites is 1. The fraction of sp³-hybridized carbons (Fsp3) is 0.0769. The highest BCUT2D eigenvalue weighted by Crippen LogP contribution is 2.24. The third-order valence-electron chi connectivity index (χ3n) is 5.14. The molecule has 0 saturated heterocycles. The van der Waals surface area contributed by atoms with Gasteiger partial charge >= 0.3 is 0 Å². The van der Waals surface area contributed by atoms with Gasteiger partial charge in [-0.2, -0.15) is 0 Å². The molecule has 4 nitrogen and oxygen atoms in total. The van der Waals surface area contributed by atoms with E-state index < -0.39 is 0 Å². The van der Waals surface area contributed by atoms with Gasteiger partial charge in [0.25, 0.3) is 0 Å². The smallest absolute Gasteiger partial charge is 0.210 e. The van der Waals surface area contributed by atoms with Gasteiger partial charge in [0, 0.05) is 28.4 Å². The summed E-state index contributed by atoms with van der Waals surface area (Å²) in [6.45, 7) is 1.82. The van der Waals surface area contributed by atoms with E-state index in [0.717, 1.165) is 11.1 Å². The van der Waals surface area contributed by atoms with Crippen molar-refractivity contribution in [3.8, 4) is 5.75 Å². The molecule has 0 aliphatic carbocycles. The van der Waals surface area contributed by atoms with E-state index in [1.54, 1.807) is 25.3 Å². The maximum absolute atomic E-state index is 13.3. The van der Waals surface area contributed by atoms with Crippen LogP contribution in [0.1, 0.15) is 37.5 Å². The Balaban J connectivity index is 1.78. The van der Waals surface area contributed by atoms with Gasteiger partial charge in [-0.3, -0.25) is 9.59 Å². The minimum atomic E-state index is -0.163. The highest BCUT2D eigenvalue weighted by atomic mass is 16.5. The second-order valence-electron chi connectivity index (χ2n) is 6.97. The van der Waals surface area contributed by atoms with E-state index >= 15 is 0 Å². The maximum atomic E-state index is 13.3. The summed E-state index contributed by atoms with van der Waals surface area (Å²) in [5.41, 5.74) is 3.86. The number of rotatable bonds is 6. The number of hydrogen-bond acceptors (Lipinski definition) is 3. The monoisotopic (exact) mass is 395 g/mol. The van der Waals surface area contributed by atoms with Gasteiger partial charge in [0.1, 0.15) is 5.75 Å². The molecule has 0 aliphatic heterocycles. The molecular weight excluding hydrogens is 374 g/mol. The summed E-state index contributed by atoms with van der Waals surface area (Å²) in [5, 5.41) is 0. The number of ketones is 2. The van der Waals surface area contributed by atoms with Gasteiger partial charge in [0.15, 0.2) is 5.78 Å². The van der Waals surface area contributed by atoms with Gasteiger partial charge in [0.2, 0.25) is 5.78 Å². The Bertz CT molecular complexity index is 1270. The van der Waals surface area contributed by atoms with Gasteiger partial charge in [-0.25, -0.2) is 0 Å². The molecule has 4 rings (SSSR count). The van der Waals surface area contributed by atoms with Gasteiger partial charge in [-0.15, -0.1) is 0 Å². The molecule has 0 aliphatic rings. The van der Waals surface area contributed by atoms with E-state index in [1.165, 1.54) is 6.08 Å². The zero-order chi connectivity index (χ0) is 21.1. The van der Waals surface area contributed by atoms with Gasteiger partial charge in [-0.1, -0.05) is 48.5 Å². The van der Waals surface area contributed by atoms with Crippen LogP contribution >= 0.6 is 0 Å². The molecule has 30 heavy (non-hydrogen) atoms. The molecule has 0 N–H and O–H groups in total. The normalized spacial score (nSPS) is 11.1. The molecule has 2 aromatic heterocycles. The Labute approximate surface area is 175 Å². The lowest BCUT2D eigenvalue weighted by Crippen LogP contribution is -2.13. The standard InChI is InChI=1S/C26H21NO3/c1-18-22(23(28)15-14-19-9-6-7-13-24(19)30-2)17-21-12-8-16-27(21)25(18)26(29)20-10-4-3-5-11-20/h3-17H,1-2H3/b15-14+. The number of nitrogens with zero attached hydrogens (tertiary/aromatic N) is 1. The Kier molecular flexibility index (Phi) is 5.31. The third-order valence-corrected chi connectivity index (χ3v) is 5.14. The van der Waals surface area contributed by atoms with E-state index in [2.05, 4.69) is 0 Å². The lowest BCUT2D eigenvalue weighted by Gasteiger charge is -2.13. The van der Waals surface area contributed by atoms with Crippen molar-refractivity contribution in [1.29, 1.82) is 0 Å². The summed E-state index contributed by atoms with van der Waals surface area (Å²) in [6.07, 6.45) is 5.11. The second-order valence-corrected chi connectivity index (χ2v) is 6.97. The topological polar surface area (TPSA) is 47.8 Å². The fourth-order valence-electron chi connectivity index (χ4n) is 3.60. The van der Waals surface area contributed by atoms with Crippen LogP contribution < -0.4 is 4.74 Å². The summed E-state index contributed by atoms with van der Waals surface area (Å²) in [7, 11) is 1.60. The number of carbonyl (C=O) groups excluding carboxylic acids is 2. The van der Waals surface area contributed by atoms with Crippen LogP contribution in [0.4, 0.5) is 0 Å². The molecule has 2 aromatic carbocycles. The Morgan fingerprint density at radius 1 is 0.933 bits per heavy atom. The Morgan fingerprint density at radius 3 is 2.43 bits per heavy atom. The lowest BCUT2D eigenvalue weighted by atomic mass is 9.97. The molecular formula is C26H21NO3. The maximum Gasteiger partial charge on any atom is 0.210 e. The first kappa shape index (κ1) is 19.4. The molecule has 0 atom stereocenters. The molecule has 0 radical (unpaired) electrons. The zero-order valence-corrected chi connectivity index (χ0v) is 16.8. The number of fused-ring (bicyclic) bond motifs is 1. The van der Waals surface area contributed by atoms with Crippen molar-refractivity contribution < 1.29 is 14.3 Å². The number of ether oxygens (including phenoxy) is 1. The Hall–Kier alpha value is -3.92. The van der Waals surface area contributed by atoms with E-state index in [0.29, 0.717) is 28.1 Å². The van der Waals surface area contributed by atoms with Crippen LogP contribution in [0.15, 0.2) is 85.1 Å². The molecule has 0 unspecified atom stereocenters. The van der Waals surface area contributed by atoms with E-state index in [-0.39, 0.29) is 11.6 Å². The average Bonchev–Trinajstić information content (AvgIpc) is 3.25. The molecule has 0 spiro atoms. The number of benzene rings is 2. The zero-order valence-electron chi connectivity index (χ0n) is 16.8. The van der Waals surface area contributed by atoms with Crippen LogP contribution in [0.25, 0.3) is 11.6 Å². The van der Waals surface area contributed by atoms with E-state index in [1.807, 2.05) is 78.2 Å². The van der Waals surface area contributed by atoms with Crippen molar-refractivity contribution in [2.75, 3.05) is 7.11 Å². The van der Waals surface area contributed by atoms with Crippen LogP contribution in [0.2, 0.25) is 0 Å². The molecule has 148 valence electrons. The first-order valence-corrected chi connectivity index (χ1v) is 9.66. The molecule has 0 fully saturated rings. The third kappa shape index (κ3) is 3.55. The number of carbonyl (C=O) groups is 2. The average molecular weight is 395 g/mol. The van der Waals surface area contributed by atoms with Gasteiger partial charge in [-0.05, 0) is 48.9 Å².